The second-order valence-corrected chi connectivity index (χ2v) is 9.27. The predicted octanol–water partition coefficient (Wildman–Crippen LogP) is 6.33. The maximum atomic E-state index is 12.8. The summed E-state index contributed by atoms with van der Waals surface area (Å²) in [4.78, 5) is 25.0. The number of carbonyl (C=O) groups is 2. The van der Waals surface area contributed by atoms with E-state index < -0.39 is 18.3 Å². The smallest absolute Gasteiger partial charge is 0.412 e. The average molecular weight is 568 g/mol. The fourth-order valence-corrected chi connectivity index (χ4v) is 4.00. The Morgan fingerprint density at radius 2 is 1.81 bits per heavy atom. The van der Waals surface area contributed by atoms with Crippen molar-refractivity contribution in [2.75, 3.05) is 23.5 Å². The van der Waals surface area contributed by atoms with Crippen molar-refractivity contribution in [3.63, 3.8) is 0 Å². The van der Waals surface area contributed by atoms with Crippen LogP contribution in [0.25, 0.3) is 0 Å². The molecule has 8 nitrogen and oxygen atoms in total. The molecule has 3 aromatic rings. The molecule has 0 spiro atoms. The zero-order valence-corrected chi connectivity index (χ0v) is 22.2. The lowest BCUT2D eigenvalue weighted by atomic mass is 9.99. The van der Waals surface area contributed by atoms with Crippen LogP contribution in [0, 0.1) is 6.92 Å². The van der Waals surface area contributed by atoms with Crippen molar-refractivity contribution in [1.82, 2.24) is 0 Å². The number of halogens is 1. The van der Waals surface area contributed by atoms with Crippen LogP contribution in [-0.2, 0) is 14.3 Å². The normalized spacial score (nSPS) is 12.6. The molecule has 0 aliphatic heterocycles. The van der Waals surface area contributed by atoms with Crippen LogP contribution < -0.4 is 16.4 Å². The molecular formula is C28H30BrN3O5. The Labute approximate surface area is 224 Å². The van der Waals surface area contributed by atoms with E-state index in [9.17, 15) is 14.7 Å². The third kappa shape index (κ3) is 8.37. The molecule has 0 bridgehead atoms. The number of allylic oxidation sites excluding steroid dienone is 1. The highest BCUT2D eigenvalue weighted by Gasteiger charge is 2.29. The number of anilines is 3. The number of amides is 2. The Kier molecular flexibility index (Phi) is 10.1. The number of phenolic OH excluding ortho intramolecular Hbond substituents is 1. The van der Waals surface area contributed by atoms with Gasteiger partial charge in [-0.2, -0.15) is 0 Å². The van der Waals surface area contributed by atoms with Gasteiger partial charge in [-0.3, -0.25) is 10.1 Å². The third-order valence-electron chi connectivity index (χ3n) is 5.57. The van der Waals surface area contributed by atoms with E-state index in [2.05, 4.69) is 26.6 Å². The van der Waals surface area contributed by atoms with Crippen molar-refractivity contribution in [3.05, 3.63) is 94.5 Å². The number of carbonyl (C=O) groups excluding carboxylic acids is 2. The van der Waals surface area contributed by atoms with Gasteiger partial charge in [-0.05, 0) is 68.3 Å². The van der Waals surface area contributed by atoms with Gasteiger partial charge in [0.05, 0.1) is 17.5 Å². The van der Waals surface area contributed by atoms with Gasteiger partial charge >= 0.3 is 6.09 Å². The van der Waals surface area contributed by atoms with E-state index >= 15 is 0 Å². The summed E-state index contributed by atoms with van der Waals surface area (Å²) in [5.41, 5.74) is 8.90. The molecule has 0 fully saturated rings. The van der Waals surface area contributed by atoms with Crippen molar-refractivity contribution >= 4 is 45.0 Å². The molecule has 3 aromatic carbocycles. The highest BCUT2D eigenvalue weighted by atomic mass is 79.9. The lowest BCUT2D eigenvalue weighted by Crippen LogP contribution is -2.28. The largest absolute Gasteiger partial charge is 0.508 e. The van der Waals surface area contributed by atoms with Gasteiger partial charge in [0.1, 0.15) is 5.75 Å². The molecule has 0 saturated heterocycles. The molecular weight excluding hydrogens is 538 g/mol. The SMILES string of the molecule is CO[C@H](CC/C=C/C(=O)Nc1ccccc1N)[C@H](OC(=O)Nc1ccc(C)cc1)c1cc(Br)ccc1O. The number of benzene rings is 3. The van der Waals surface area contributed by atoms with E-state index in [0.29, 0.717) is 39.9 Å². The van der Waals surface area contributed by atoms with Crippen molar-refractivity contribution < 1.29 is 24.2 Å². The van der Waals surface area contributed by atoms with Crippen LogP contribution in [0.5, 0.6) is 5.75 Å². The number of aromatic hydroxyl groups is 1. The maximum absolute atomic E-state index is 12.8. The summed E-state index contributed by atoms with van der Waals surface area (Å²) in [6.45, 7) is 1.95. The minimum atomic E-state index is -0.917. The van der Waals surface area contributed by atoms with Gasteiger partial charge < -0.3 is 25.6 Å². The summed E-state index contributed by atoms with van der Waals surface area (Å²) >= 11 is 3.40. The van der Waals surface area contributed by atoms with Crippen LogP contribution >= 0.6 is 15.9 Å². The molecule has 2 atom stereocenters. The summed E-state index contributed by atoms with van der Waals surface area (Å²) in [5.74, 6) is -0.351. The Balaban J connectivity index is 1.69. The highest BCUT2D eigenvalue weighted by molar-refractivity contribution is 9.10. The number of rotatable bonds is 10. The average Bonchev–Trinajstić information content (AvgIpc) is 2.87. The number of para-hydroxylation sites is 2. The van der Waals surface area contributed by atoms with E-state index in [-0.39, 0.29) is 11.7 Å². The zero-order chi connectivity index (χ0) is 26.8. The number of nitrogens with two attached hydrogens (primary N) is 1. The van der Waals surface area contributed by atoms with Gasteiger partial charge in [0, 0.05) is 22.8 Å². The molecule has 0 saturated carbocycles. The quantitative estimate of drug-likeness (QED) is 0.168. The van der Waals surface area contributed by atoms with E-state index in [1.165, 1.54) is 19.3 Å². The number of ether oxygens (including phenoxy) is 2. The van der Waals surface area contributed by atoms with E-state index in [4.69, 9.17) is 15.2 Å². The monoisotopic (exact) mass is 567 g/mol. The van der Waals surface area contributed by atoms with Crippen molar-refractivity contribution in [2.24, 2.45) is 0 Å². The van der Waals surface area contributed by atoms with Gasteiger partial charge in [-0.25, -0.2) is 4.79 Å². The molecule has 0 aromatic heterocycles. The van der Waals surface area contributed by atoms with Crippen LogP contribution in [0.3, 0.4) is 0 Å². The summed E-state index contributed by atoms with van der Waals surface area (Å²) in [5, 5.41) is 16.0. The summed E-state index contributed by atoms with van der Waals surface area (Å²) in [7, 11) is 1.50. The molecule has 194 valence electrons. The summed E-state index contributed by atoms with van der Waals surface area (Å²) in [6.07, 6.45) is 1.75. The van der Waals surface area contributed by atoms with Gasteiger partial charge in [-0.1, -0.05) is 51.8 Å². The van der Waals surface area contributed by atoms with Crippen LogP contribution in [0.2, 0.25) is 0 Å². The van der Waals surface area contributed by atoms with Crippen LogP contribution in [0.15, 0.2) is 83.4 Å². The first-order chi connectivity index (χ1) is 17.8. The molecule has 3 rings (SSSR count). The Bertz CT molecular complexity index is 1250. The Hall–Kier alpha value is -3.82. The third-order valence-corrected chi connectivity index (χ3v) is 6.07. The first-order valence-electron chi connectivity index (χ1n) is 11.6. The van der Waals surface area contributed by atoms with Gasteiger partial charge in [-0.15, -0.1) is 0 Å². The maximum Gasteiger partial charge on any atom is 0.412 e. The van der Waals surface area contributed by atoms with Crippen LogP contribution in [-0.4, -0.2) is 30.3 Å². The number of hydrogen-bond acceptors (Lipinski definition) is 6. The molecule has 0 unspecified atom stereocenters. The number of nitrogen functional groups attached to an aromatic ring is 1. The van der Waals surface area contributed by atoms with E-state index in [1.807, 2.05) is 19.1 Å². The Morgan fingerprint density at radius 1 is 1.08 bits per heavy atom. The topological polar surface area (TPSA) is 123 Å². The van der Waals surface area contributed by atoms with Gasteiger partial charge in [0.2, 0.25) is 5.91 Å². The molecule has 5 N–H and O–H groups in total. The molecule has 9 heteroatoms. The first-order valence-corrected chi connectivity index (χ1v) is 12.4. The number of aryl methyl sites for hydroxylation is 1. The number of hydrogen-bond donors (Lipinski definition) is 4. The minimum Gasteiger partial charge on any atom is -0.508 e. The zero-order valence-electron chi connectivity index (χ0n) is 20.6. The molecule has 2 amide bonds. The second-order valence-electron chi connectivity index (χ2n) is 8.35. The van der Waals surface area contributed by atoms with Crippen molar-refractivity contribution in [2.45, 2.75) is 32.0 Å². The minimum absolute atomic E-state index is 0.0336. The predicted molar refractivity (Wildman–Crippen MR) is 148 cm³/mol. The van der Waals surface area contributed by atoms with Crippen LogP contribution in [0.4, 0.5) is 21.9 Å². The second kappa shape index (κ2) is 13.5. The molecule has 0 aliphatic rings. The fourth-order valence-electron chi connectivity index (χ4n) is 3.62. The summed E-state index contributed by atoms with van der Waals surface area (Å²) < 4.78 is 12.1. The van der Waals surface area contributed by atoms with E-state index in [1.54, 1.807) is 54.6 Å². The first kappa shape index (κ1) is 27.8. The number of methoxy groups -OCH3 is 1. The lowest BCUT2D eigenvalue weighted by molar-refractivity contribution is -0.111. The van der Waals surface area contributed by atoms with Crippen LogP contribution in [0.1, 0.15) is 30.1 Å². The number of nitrogens with one attached hydrogen (secondary N) is 2. The van der Waals surface area contributed by atoms with Gasteiger partial charge in [0.15, 0.2) is 6.10 Å². The molecule has 37 heavy (non-hydrogen) atoms. The lowest BCUT2D eigenvalue weighted by Gasteiger charge is -2.27. The Morgan fingerprint density at radius 3 is 2.51 bits per heavy atom. The van der Waals surface area contributed by atoms with Crippen molar-refractivity contribution in [3.8, 4) is 5.75 Å². The van der Waals surface area contributed by atoms with E-state index in [0.717, 1.165) is 5.56 Å². The molecule has 0 heterocycles. The summed E-state index contributed by atoms with van der Waals surface area (Å²) in [6, 6.07) is 19.2. The molecule has 0 aliphatic carbocycles. The highest BCUT2D eigenvalue weighted by Crippen LogP contribution is 2.35. The fraction of sp³-hybridized carbons (Fsp3) is 0.214. The molecule has 0 radical (unpaired) electrons. The van der Waals surface area contributed by atoms with Gasteiger partial charge in [0.25, 0.3) is 0 Å². The standard InChI is InChI=1S/C28H30BrN3O5/c1-18-11-14-20(15-12-18)31-28(35)37-27(21-17-19(29)13-16-24(21)33)25(36-2)9-5-6-10-26(34)32-23-8-4-3-7-22(23)30/h3-4,6-8,10-17,25,27,33H,5,9,30H2,1-2H3,(H,31,35)(H,32,34)/b10-6+/t25-,27-/m1/s1. The van der Waals surface area contributed by atoms with Crippen molar-refractivity contribution in [1.29, 1.82) is 0 Å². The number of phenols is 1.